The van der Waals surface area contributed by atoms with E-state index in [1.807, 2.05) is 0 Å². The van der Waals surface area contributed by atoms with Crippen molar-refractivity contribution in [2.45, 2.75) is 30.8 Å². The molecule has 0 aromatic carbocycles. The van der Waals surface area contributed by atoms with Crippen molar-refractivity contribution in [1.82, 2.24) is 15.4 Å². The fourth-order valence-corrected chi connectivity index (χ4v) is 3.73. The van der Waals surface area contributed by atoms with Gasteiger partial charge in [0.1, 0.15) is 0 Å². The highest BCUT2D eigenvalue weighted by Crippen LogP contribution is 2.69. The highest BCUT2D eigenvalue weighted by Gasteiger charge is 2.58. The van der Waals surface area contributed by atoms with E-state index in [-0.39, 0.29) is 6.42 Å². The second-order valence-corrected chi connectivity index (χ2v) is 8.04. The number of nitrogens with zero attached hydrogens (tertiary/aromatic N) is 2. The van der Waals surface area contributed by atoms with Crippen molar-refractivity contribution in [3.63, 3.8) is 0 Å². The lowest BCUT2D eigenvalue weighted by Gasteiger charge is -2.29. The van der Waals surface area contributed by atoms with Gasteiger partial charge in [-0.05, 0) is 25.7 Å². The molecule has 1 rings (SSSR count). The van der Waals surface area contributed by atoms with Crippen molar-refractivity contribution in [1.29, 1.82) is 0 Å². The van der Waals surface area contributed by atoms with Crippen LogP contribution in [0.1, 0.15) is 25.0 Å². The van der Waals surface area contributed by atoms with Crippen LogP contribution in [0.25, 0.3) is 0 Å². The normalized spacial score (nSPS) is 13.7. The molecule has 10 nitrogen and oxygen atoms in total. The Hall–Kier alpha value is -0.600. The van der Waals surface area contributed by atoms with Crippen LogP contribution in [-0.4, -0.2) is 45.2 Å². The Labute approximate surface area is 108 Å². The van der Waals surface area contributed by atoms with Gasteiger partial charge in [0.25, 0.3) is 5.08 Å². The van der Waals surface area contributed by atoms with E-state index in [4.69, 9.17) is 19.6 Å². The van der Waals surface area contributed by atoms with Gasteiger partial charge in [-0.2, -0.15) is 0 Å². The summed E-state index contributed by atoms with van der Waals surface area (Å²) < 4.78 is 22.1. The summed E-state index contributed by atoms with van der Waals surface area (Å²) in [5.74, 6) is 0. The SMILES string of the molecule is O=P(O)(O)C(O)(CCCCc1c[nH]nn1)P(=O)(O)O. The van der Waals surface area contributed by atoms with Gasteiger partial charge in [-0.1, -0.05) is 5.21 Å². The van der Waals surface area contributed by atoms with Gasteiger partial charge in [0, 0.05) is 6.20 Å². The molecule has 0 aliphatic rings. The molecule has 1 aromatic rings. The molecule has 6 N–H and O–H groups in total. The molecule has 0 atom stereocenters. The maximum atomic E-state index is 11.0. The first-order valence-corrected chi connectivity index (χ1v) is 8.49. The standard InChI is InChI=1S/C7H15N3O7P2/c11-7(18(12,13)14,19(15,16)17)4-2-1-3-6-5-8-10-9-6/h5,11H,1-4H2,(H,8,9,10)(H2,12,13,14)(H2,15,16,17). The average molecular weight is 315 g/mol. The molecule has 0 unspecified atom stereocenters. The lowest BCUT2D eigenvalue weighted by Crippen LogP contribution is -2.28. The number of aromatic nitrogens is 3. The third-order valence-electron chi connectivity index (χ3n) is 2.60. The first-order valence-electron chi connectivity index (χ1n) is 5.27. The maximum Gasteiger partial charge on any atom is 0.369 e. The zero-order chi connectivity index (χ0) is 14.7. The maximum absolute atomic E-state index is 11.0. The molecule has 1 aromatic heterocycles. The molecule has 0 saturated heterocycles. The van der Waals surface area contributed by atoms with Crippen molar-refractivity contribution < 1.29 is 33.8 Å². The molecule has 0 amide bonds. The molecule has 0 aliphatic carbocycles. The van der Waals surface area contributed by atoms with Crippen molar-refractivity contribution in [2.75, 3.05) is 0 Å². The number of hydrogen-bond donors (Lipinski definition) is 6. The number of aromatic amines is 1. The van der Waals surface area contributed by atoms with E-state index in [0.717, 1.165) is 0 Å². The predicted octanol–water partition coefficient (Wildman–Crippen LogP) is -0.481. The van der Waals surface area contributed by atoms with Crippen LogP contribution in [0, 0.1) is 0 Å². The summed E-state index contributed by atoms with van der Waals surface area (Å²) in [6.07, 6.45) is 1.58. The number of H-pyrrole nitrogens is 1. The first-order chi connectivity index (χ1) is 8.58. The fourth-order valence-electron chi connectivity index (χ4n) is 1.48. The van der Waals surface area contributed by atoms with Crippen LogP contribution in [0.3, 0.4) is 0 Å². The number of rotatable bonds is 7. The number of hydrogen-bond acceptors (Lipinski definition) is 5. The van der Waals surface area contributed by atoms with Gasteiger partial charge in [0.05, 0.1) is 5.69 Å². The number of aliphatic hydroxyl groups is 1. The van der Waals surface area contributed by atoms with Gasteiger partial charge in [-0.25, -0.2) is 0 Å². The third kappa shape index (κ3) is 3.93. The largest absolute Gasteiger partial charge is 0.369 e. The first kappa shape index (κ1) is 16.5. The summed E-state index contributed by atoms with van der Waals surface area (Å²) >= 11 is 0. The van der Waals surface area contributed by atoms with E-state index in [9.17, 15) is 14.2 Å². The Bertz CT molecular complexity index is 471. The summed E-state index contributed by atoms with van der Waals surface area (Å²) in [6.45, 7) is 0. The van der Waals surface area contributed by atoms with E-state index in [2.05, 4.69) is 15.4 Å². The van der Waals surface area contributed by atoms with E-state index in [1.165, 1.54) is 6.20 Å². The fraction of sp³-hybridized carbons (Fsp3) is 0.714. The highest BCUT2D eigenvalue weighted by atomic mass is 31.2. The Morgan fingerprint density at radius 2 is 1.74 bits per heavy atom. The zero-order valence-electron chi connectivity index (χ0n) is 9.75. The quantitative estimate of drug-likeness (QED) is 0.286. The monoisotopic (exact) mass is 315 g/mol. The predicted molar refractivity (Wildman–Crippen MR) is 63.0 cm³/mol. The second-order valence-electron chi connectivity index (χ2n) is 4.03. The molecule has 0 fully saturated rings. The van der Waals surface area contributed by atoms with Crippen LogP contribution in [0.4, 0.5) is 0 Å². The summed E-state index contributed by atoms with van der Waals surface area (Å²) in [5, 5.41) is 15.9. The van der Waals surface area contributed by atoms with Gasteiger partial charge in [0.2, 0.25) is 0 Å². The molecule has 0 saturated carbocycles. The van der Waals surface area contributed by atoms with Crippen molar-refractivity contribution in [3.05, 3.63) is 11.9 Å². The summed E-state index contributed by atoms with van der Waals surface area (Å²) in [7, 11) is -10.7. The van der Waals surface area contributed by atoms with E-state index >= 15 is 0 Å². The Kier molecular flexibility index (Phi) is 5.02. The lowest BCUT2D eigenvalue weighted by atomic mass is 10.1. The van der Waals surface area contributed by atoms with Crippen molar-refractivity contribution in [2.24, 2.45) is 0 Å². The van der Waals surface area contributed by atoms with E-state index in [0.29, 0.717) is 18.5 Å². The van der Waals surface area contributed by atoms with Gasteiger partial charge >= 0.3 is 15.2 Å². The third-order valence-corrected chi connectivity index (χ3v) is 6.47. The van der Waals surface area contributed by atoms with Crippen LogP contribution in [0.5, 0.6) is 0 Å². The van der Waals surface area contributed by atoms with Gasteiger partial charge in [-0.3, -0.25) is 14.2 Å². The van der Waals surface area contributed by atoms with Crippen LogP contribution in [-0.2, 0) is 15.6 Å². The van der Waals surface area contributed by atoms with Crippen molar-refractivity contribution in [3.8, 4) is 0 Å². The number of nitrogens with one attached hydrogen (secondary N) is 1. The van der Waals surface area contributed by atoms with Crippen LogP contribution in [0.2, 0.25) is 0 Å². The molecular formula is C7H15N3O7P2. The molecule has 19 heavy (non-hydrogen) atoms. The Balaban J connectivity index is 2.61. The average Bonchev–Trinajstić information content (AvgIpc) is 2.73. The minimum atomic E-state index is -5.35. The molecule has 1 heterocycles. The number of aryl methyl sites for hydroxylation is 1. The lowest BCUT2D eigenvalue weighted by molar-refractivity contribution is 0.120. The molecule has 0 bridgehead atoms. The molecule has 0 radical (unpaired) electrons. The van der Waals surface area contributed by atoms with Crippen LogP contribution >= 0.6 is 15.2 Å². The molecule has 0 spiro atoms. The highest BCUT2D eigenvalue weighted by molar-refractivity contribution is 7.72. The summed E-state index contributed by atoms with van der Waals surface area (Å²) in [4.78, 5) is 35.6. The minimum Gasteiger partial charge on any atom is -0.368 e. The van der Waals surface area contributed by atoms with Crippen LogP contribution < -0.4 is 0 Å². The topological polar surface area (TPSA) is 177 Å². The minimum absolute atomic E-state index is 0.0135. The molecule has 110 valence electrons. The zero-order valence-corrected chi connectivity index (χ0v) is 11.5. The van der Waals surface area contributed by atoms with E-state index in [1.54, 1.807) is 0 Å². The van der Waals surface area contributed by atoms with E-state index < -0.39 is 26.7 Å². The van der Waals surface area contributed by atoms with Gasteiger partial charge < -0.3 is 24.7 Å². The molecular weight excluding hydrogens is 300 g/mol. The smallest absolute Gasteiger partial charge is 0.368 e. The van der Waals surface area contributed by atoms with Gasteiger partial charge in [0.15, 0.2) is 0 Å². The summed E-state index contributed by atoms with van der Waals surface area (Å²) in [6, 6.07) is 0. The second kappa shape index (κ2) is 5.80. The van der Waals surface area contributed by atoms with Crippen molar-refractivity contribution >= 4 is 15.2 Å². The summed E-state index contributed by atoms with van der Waals surface area (Å²) in [5.41, 5.74) is 0.607. The molecule has 0 aliphatic heterocycles. The van der Waals surface area contributed by atoms with Gasteiger partial charge in [-0.15, -0.1) is 5.10 Å². The number of unbranched alkanes of at least 4 members (excludes halogenated alkanes) is 1. The molecule has 12 heteroatoms. The van der Waals surface area contributed by atoms with Crippen LogP contribution in [0.15, 0.2) is 6.20 Å². The Morgan fingerprint density at radius 1 is 1.16 bits per heavy atom. The Morgan fingerprint density at radius 3 is 2.16 bits per heavy atom.